The molecule has 0 spiro atoms. The van der Waals surface area contributed by atoms with Crippen LogP contribution < -0.4 is 10.6 Å². The predicted octanol–water partition coefficient (Wildman–Crippen LogP) is -0.451. The third-order valence-electron chi connectivity index (χ3n) is 5.30. The summed E-state index contributed by atoms with van der Waals surface area (Å²) in [6.07, 6.45) is 5.70. The smallest absolute Gasteiger partial charge is 0.248 e. The molecule has 8 heteroatoms. The monoisotopic (exact) mass is 334 g/mol. The molecule has 1 aliphatic carbocycles. The molecule has 3 aliphatic rings. The van der Waals surface area contributed by atoms with Gasteiger partial charge in [0.15, 0.2) is 0 Å². The van der Waals surface area contributed by atoms with Crippen molar-refractivity contribution >= 4 is 11.8 Å². The molecule has 0 bridgehead atoms. The molecule has 1 aromatic rings. The summed E-state index contributed by atoms with van der Waals surface area (Å²) >= 11 is 0. The van der Waals surface area contributed by atoms with Crippen LogP contribution in [0.25, 0.3) is 0 Å². The van der Waals surface area contributed by atoms with Crippen molar-refractivity contribution in [3.63, 3.8) is 0 Å². The lowest BCUT2D eigenvalue weighted by Crippen LogP contribution is -2.58. The van der Waals surface area contributed by atoms with E-state index in [0.29, 0.717) is 13.2 Å². The maximum Gasteiger partial charge on any atom is 0.248 e. The number of amides is 2. The molecule has 3 heterocycles. The van der Waals surface area contributed by atoms with E-state index in [1.54, 1.807) is 10.9 Å². The Kier molecular flexibility index (Phi) is 3.80. The Hall–Kier alpha value is -1.93. The number of carbonyl (C=O) groups excluding carboxylic acids is 2. The molecule has 2 amide bonds. The highest BCUT2D eigenvalue weighted by atomic mass is 16.6. The van der Waals surface area contributed by atoms with E-state index in [1.165, 1.54) is 6.92 Å². The lowest BCUT2D eigenvalue weighted by molar-refractivity contribution is -0.136. The molecular weight excluding hydrogens is 312 g/mol. The van der Waals surface area contributed by atoms with Crippen molar-refractivity contribution < 1.29 is 19.1 Å². The maximum atomic E-state index is 12.9. The highest BCUT2D eigenvalue weighted by Gasteiger charge is 2.52. The Bertz CT molecular complexity index is 628. The fourth-order valence-electron chi connectivity index (χ4n) is 3.90. The SMILES string of the molecule is CC(=O)N[C@H]1CO[C@H]2[C@@H]1OC[C@@H]2NC(=O)C1(n2cccn2)CCC1. The third-order valence-corrected chi connectivity index (χ3v) is 5.30. The molecule has 8 nitrogen and oxygen atoms in total. The number of carbonyl (C=O) groups is 2. The van der Waals surface area contributed by atoms with Gasteiger partial charge in [-0.3, -0.25) is 14.3 Å². The Morgan fingerprint density at radius 1 is 1.17 bits per heavy atom. The number of nitrogens with one attached hydrogen (secondary N) is 2. The highest BCUT2D eigenvalue weighted by Crippen LogP contribution is 2.39. The van der Waals surface area contributed by atoms with E-state index in [-0.39, 0.29) is 36.1 Å². The normalized spacial score (nSPS) is 33.5. The average molecular weight is 334 g/mol. The van der Waals surface area contributed by atoms with E-state index in [9.17, 15) is 9.59 Å². The van der Waals surface area contributed by atoms with Crippen LogP contribution in [-0.2, 0) is 24.6 Å². The van der Waals surface area contributed by atoms with E-state index in [4.69, 9.17) is 9.47 Å². The quantitative estimate of drug-likeness (QED) is 0.778. The van der Waals surface area contributed by atoms with Gasteiger partial charge in [-0.1, -0.05) is 0 Å². The van der Waals surface area contributed by atoms with Crippen LogP contribution in [0.3, 0.4) is 0 Å². The van der Waals surface area contributed by atoms with Gasteiger partial charge in [0.05, 0.1) is 25.3 Å². The zero-order valence-electron chi connectivity index (χ0n) is 13.6. The minimum atomic E-state index is -0.586. The maximum absolute atomic E-state index is 12.9. The van der Waals surface area contributed by atoms with E-state index in [2.05, 4.69) is 15.7 Å². The second kappa shape index (κ2) is 5.86. The number of rotatable bonds is 4. The summed E-state index contributed by atoms with van der Waals surface area (Å²) in [5.41, 5.74) is -0.586. The number of ether oxygens (including phenoxy) is 2. The van der Waals surface area contributed by atoms with Crippen molar-refractivity contribution in [2.24, 2.45) is 0 Å². The topological polar surface area (TPSA) is 94.5 Å². The van der Waals surface area contributed by atoms with Gasteiger partial charge in [-0.2, -0.15) is 5.10 Å². The molecular formula is C16H22N4O4. The van der Waals surface area contributed by atoms with E-state index in [0.717, 1.165) is 19.3 Å². The molecule has 2 aliphatic heterocycles. The molecule has 2 saturated heterocycles. The first-order chi connectivity index (χ1) is 11.6. The lowest BCUT2D eigenvalue weighted by atomic mass is 9.76. The van der Waals surface area contributed by atoms with Gasteiger partial charge in [-0.15, -0.1) is 0 Å². The second-order valence-electron chi connectivity index (χ2n) is 6.82. The van der Waals surface area contributed by atoms with Gasteiger partial charge in [0.25, 0.3) is 0 Å². The molecule has 0 radical (unpaired) electrons. The van der Waals surface area contributed by atoms with Gasteiger partial charge in [-0.05, 0) is 25.3 Å². The Labute approximate surface area is 139 Å². The van der Waals surface area contributed by atoms with Gasteiger partial charge >= 0.3 is 0 Å². The van der Waals surface area contributed by atoms with Crippen molar-refractivity contribution in [2.75, 3.05) is 13.2 Å². The molecule has 0 unspecified atom stereocenters. The molecule has 2 N–H and O–H groups in total. The van der Waals surface area contributed by atoms with Gasteiger partial charge in [0.2, 0.25) is 11.8 Å². The van der Waals surface area contributed by atoms with Crippen LogP contribution in [0.4, 0.5) is 0 Å². The zero-order valence-corrected chi connectivity index (χ0v) is 13.6. The highest BCUT2D eigenvalue weighted by molar-refractivity contribution is 5.85. The molecule has 4 rings (SSSR count). The van der Waals surface area contributed by atoms with Crippen LogP contribution in [0, 0.1) is 0 Å². The molecule has 0 aromatic carbocycles. The van der Waals surface area contributed by atoms with E-state index < -0.39 is 5.54 Å². The third kappa shape index (κ3) is 2.41. The molecule has 1 saturated carbocycles. The lowest BCUT2D eigenvalue weighted by Gasteiger charge is -2.41. The molecule has 3 fully saturated rings. The van der Waals surface area contributed by atoms with Gasteiger partial charge < -0.3 is 20.1 Å². The molecule has 24 heavy (non-hydrogen) atoms. The minimum Gasteiger partial charge on any atom is -0.371 e. The zero-order chi connectivity index (χ0) is 16.7. The van der Waals surface area contributed by atoms with Crippen molar-refractivity contribution in [3.8, 4) is 0 Å². The average Bonchev–Trinajstić information content (AvgIpc) is 3.18. The molecule has 130 valence electrons. The van der Waals surface area contributed by atoms with Crippen LogP contribution in [0.15, 0.2) is 18.5 Å². The Morgan fingerprint density at radius 3 is 2.33 bits per heavy atom. The Morgan fingerprint density at radius 2 is 1.83 bits per heavy atom. The van der Waals surface area contributed by atoms with Crippen molar-refractivity contribution in [3.05, 3.63) is 18.5 Å². The van der Waals surface area contributed by atoms with Crippen LogP contribution in [0.5, 0.6) is 0 Å². The number of nitrogens with zero attached hydrogens (tertiary/aromatic N) is 2. The van der Waals surface area contributed by atoms with Crippen LogP contribution in [0.1, 0.15) is 26.2 Å². The van der Waals surface area contributed by atoms with Gasteiger partial charge in [-0.25, -0.2) is 0 Å². The summed E-state index contributed by atoms with van der Waals surface area (Å²) in [5.74, 6) is -0.134. The van der Waals surface area contributed by atoms with Gasteiger partial charge in [0, 0.05) is 19.3 Å². The molecule has 4 atom stereocenters. The summed E-state index contributed by atoms with van der Waals surface area (Å²) in [5, 5.41) is 10.2. The number of hydrogen-bond acceptors (Lipinski definition) is 5. The van der Waals surface area contributed by atoms with Crippen molar-refractivity contribution in [2.45, 2.75) is 56.0 Å². The van der Waals surface area contributed by atoms with Crippen LogP contribution in [0.2, 0.25) is 0 Å². The number of fused-ring (bicyclic) bond motifs is 1. The fraction of sp³-hybridized carbons (Fsp3) is 0.688. The first-order valence-corrected chi connectivity index (χ1v) is 8.41. The summed E-state index contributed by atoms with van der Waals surface area (Å²) in [6, 6.07) is 1.48. The van der Waals surface area contributed by atoms with E-state index >= 15 is 0 Å². The first-order valence-electron chi connectivity index (χ1n) is 8.41. The second-order valence-corrected chi connectivity index (χ2v) is 6.82. The van der Waals surface area contributed by atoms with Crippen molar-refractivity contribution in [1.82, 2.24) is 20.4 Å². The van der Waals surface area contributed by atoms with Crippen LogP contribution >= 0.6 is 0 Å². The summed E-state index contributed by atoms with van der Waals surface area (Å²) in [4.78, 5) is 24.2. The van der Waals surface area contributed by atoms with E-state index in [1.807, 2.05) is 12.3 Å². The molecule has 1 aromatic heterocycles. The standard InChI is InChI=1S/C16H22N4O4/c1-10(21)18-11-8-23-14-12(9-24-13(11)14)19-15(22)16(4-2-5-16)20-7-3-6-17-20/h3,6-7,11-14H,2,4-5,8-9H2,1H3,(H,18,21)(H,19,22)/t11-,12-,13+,14+/m0/s1. The number of hydrogen-bond donors (Lipinski definition) is 2. The minimum absolute atomic E-state index is 0.0294. The summed E-state index contributed by atoms with van der Waals surface area (Å²) < 4.78 is 13.3. The summed E-state index contributed by atoms with van der Waals surface area (Å²) in [6.45, 7) is 2.28. The number of aromatic nitrogens is 2. The predicted molar refractivity (Wildman–Crippen MR) is 83.1 cm³/mol. The summed E-state index contributed by atoms with van der Waals surface area (Å²) in [7, 11) is 0. The first kappa shape index (κ1) is 15.6. The van der Waals surface area contributed by atoms with Gasteiger partial charge in [0.1, 0.15) is 17.7 Å². The fourth-order valence-corrected chi connectivity index (χ4v) is 3.90. The van der Waals surface area contributed by atoms with Crippen molar-refractivity contribution in [1.29, 1.82) is 0 Å². The largest absolute Gasteiger partial charge is 0.371 e. The Balaban J connectivity index is 1.43. The van der Waals surface area contributed by atoms with Crippen LogP contribution in [-0.4, -0.2) is 59.1 Å².